The average molecular weight is 254 g/mol. The predicted molar refractivity (Wildman–Crippen MR) is 70.2 cm³/mol. The fraction of sp³-hybridized carbons (Fsp3) is 0.929. The van der Waals surface area contributed by atoms with Gasteiger partial charge in [0.15, 0.2) is 0 Å². The van der Waals surface area contributed by atoms with Gasteiger partial charge in [0.05, 0.1) is 6.42 Å². The molecule has 4 saturated carbocycles. The molecule has 0 saturated heterocycles. The van der Waals surface area contributed by atoms with E-state index in [1.54, 1.807) is 0 Å². The van der Waals surface area contributed by atoms with Crippen molar-refractivity contribution in [2.75, 3.05) is 0 Å². The van der Waals surface area contributed by atoms with Crippen molar-refractivity contribution in [2.24, 2.45) is 17.8 Å². The molecule has 0 amide bonds. The molecule has 3 heteroatoms. The summed E-state index contributed by atoms with van der Waals surface area (Å²) in [6.45, 7) is 2.09. The van der Waals surface area contributed by atoms with E-state index in [0.717, 1.165) is 17.8 Å². The lowest BCUT2D eigenvalue weighted by Crippen LogP contribution is -2.49. The van der Waals surface area contributed by atoms with Crippen LogP contribution in [-0.2, 0) is 4.79 Å². The van der Waals surface area contributed by atoms with Crippen LogP contribution in [0.1, 0.15) is 51.9 Å². The van der Waals surface area contributed by atoms with Crippen LogP contribution in [0.2, 0.25) is 0 Å². The molecule has 2 nitrogen and oxygen atoms in total. The molecule has 4 aliphatic rings. The Labute approximate surface area is 108 Å². The molecule has 0 heterocycles. The third-order valence-corrected chi connectivity index (χ3v) is 6.46. The smallest absolute Gasteiger partial charge is 0.304 e. The van der Waals surface area contributed by atoms with Crippen LogP contribution in [-0.4, -0.2) is 21.1 Å². The molecular formula is C14H22O2S. The summed E-state index contributed by atoms with van der Waals surface area (Å²) in [6, 6.07) is 0. The number of rotatable bonds is 4. The van der Waals surface area contributed by atoms with Crippen LogP contribution in [0.4, 0.5) is 0 Å². The van der Waals surface area contributed by atoms with Crippen LogP contribution in [0.5, 0.6) is 0 Å². The first kappa shape index (κ1) is 11.9. The molecule has 0 aromatic rings. The quantitative estimate of drug-likeness (QED) is 0.833. The maximum absolute atomic E-state index is 10.8. The van der Waals surface area contributed by atoms with Crippen molar-refractivity contribution in [3.05, 3.63) is 0 Å². The second-order valence-corrected chi connectivity index (χ2v) is 8.53. The molecule has 0 spiro atoms. The zero-order valence-corrected chi connectivity index (χ0v) is 11.3. The Morgan fingerprint density at radius 1 is 1.24 bits per heavy atom. The molecule has 0 aromatic carbocycles. The van der Waals surface area contributed by atoms with E-state index < -0.39 is 5.97 Å². The summed E-state index contributed by atoms with van der Waals surface area (Å²) >= 11 is 2.00. The van der Waals surface area contributed by atoms with E-state index in [4.69, 9.17) is 5.11 Å². The van der Waals surface area contributed by atoms with Gasteiger partial charge in [0.2, 0.25) is 0 Å². The zero-order chi connectivity index (χ0) is 12.0. The van der Waals surface area contributed by atoms with Crippen LogP contribution >= 0.6 is 11.8 Å². The van der Waals surface area contributed by atoms with Crippen LogP contribution < -0.4 is 0 Å². The maximum Gasteiger partial charge on any atom is 0.304 e. The van der Waals surface area contributed by atoms with Crippen molar-refractivity contribution in [3.8, 4) is 0 Å². The van der Waals surface area contributed by atoms with E-state index in [1.807, 2.05) is 11.8 Å². The minimum absolute atomic E-state index is 0.281. The highest BCUT2D eigenvalue weighted by atomic mass is 32.2. The van der Waals surface area contributed by atoms with Gasteiger partial charge in [0, 0.05) is 10.00 Å². The van der Waals surface area contributed by atoms with Gasteiger partial charge in [-0.2, -0.15) is 11.8 Å². The Hall–Kier alpha value is -0.180. The number of hydrogen-bond donors (Lipinski definition) is 1. The first-order valence-corrected chi connectivity index (χ1v) is 7.82. The van der Waals surface area contributed by atoms with Gasteiger partial charge in [-0.3, -0.25) is 4.79 Å². The van der Waals surface area contributed by atoms with Gasteiger partial charge >= 0.3 is 5.97 Å². The number of carboxylic acid groups (broad SMARTS) is 1. The van der Waals surface area contributed by atoms with Gasteiger partial charge in [0.25, 0.3) is 0 Å². The molecule has 0 aromatic heterocycles. The minimum atomic E-state index is -0.644. The molecule has 0 aliphatic heterocycles. The summed E-state index contributed by atoms with van der Waals surface area (Å²) in [5, 5.41) is 9.16. The zero-order valence-electron chi connectivity index (χ0n) is 10.5. The predicted octanol–water partition coefficient (Wildman–Crippen LogP) is 3.55. The fourth-order valence-corrected chi connectivity index (χ4v) is 6.97. The van der Waals surface area contributed by atoms with E-state index in [9.17, 15) is 4.79 Å². The second-order valence-electron chi connectivity index (χ2n) is 6.63. The van der Waals surface area contributed by atoms with Crippen LogP contribution in [0, 0.1) is 17.8 Å². The average Bonchev–Trinajstić information content (AvgIpc) is 2.11. The minimum Gasteiger partial charge on any atom is -0.481 e. The Morgan fingerprint density at radius 3 is 2.12 bits per heavy atom. The van der Waals surface area contributed by atoms with Gasteiger partial charge in [-0.15, -0.1) is 0 Å². The number of carboxylic acids is 1. The highest BCUT2D eigenvalue weighted by molar-refractivity contribution is 8.01. The summed E-state index contributed by atoms with van der Waals surface area (Å²) in [5.41, 5.74) is 0. The van der Waals surface area contributed by atoms with E-state index in [2.05, 4.69) is 6.92 Å². The van der Waals surface area contributed by atoms with Crippen molar-refractivity contribution >= 4 is 17.7 Å². The Balaban J connectivity index is 1.67. The first-order valence-electron chi connectivity index (χ1n) is 6.94. The lowest BCUT2D eigenvalue weighted by molar-refractivity contribution is -0.136. The molecule has 0 radical (unpaired) electrons. The number of thioether (sulfide) groups is 1. The molecule has 4 bridgehead atoms. The summed E-state index contributed by atoms with van der Waals surface area (Å²) in [7, 11) is 0. The van der Waals surface area contributed by atoms with Crippen molar-refractivity contribution < 1.29 is 9.90 Å². The highest BCUT2D eigenvalue weighted by Crippen LogP contribution is 2.61. The Bertz CT molecular complexity index is 291. The summed E-state index contributed by atoms with van der Waals surface area (Å²) in [5.74, 6) is 2.25. The van der Waals surface area contributed by atoms with Gasteiger partial charge in [-0.25, -0.2) is 0 Å². The van der Waals surface area contributed by atoms with Gasteiger partial charge in [-0.1, -0.05) is 6.92 Å². The third kappa shape index (κ3) is 2.35. The monoisotopic (exact) mass is 254 g/mol. The van der Waals surface area contributed by atoms with E-state index in [1.165, 1.54) is 38.5 Å². The Kier molecular flexibility index (Phi) is 2.92. The molecule has 4 aliphatic carbocycles. The van der Waals surface area contributed by atoms with Gasteiger partial charge in [-0.05, 0) is 56.3 Å². The summed E-state index contributed by atoms with van der Waals surface area (Å²) in [6.07, 6.45) is 8.83. The largest absolute Gasteiger partial charge is 0.481 e. The molecular weight excluding hydrogens is 232 g/mol. The first-order chi connectivity index (χ1) is 8.05. The SMILES string of the molecule is CC(CC(=O)O)SC12CC3CC(CC(C3)C1)C2. The lowest BCUT2D eigenvalue weighted by atomic mass is 9.56. The Morgan fingerprint density at radius 2 is 1.71 bits per heavy atom. The van der Waals surface area contributed by atoms with Crippen molar-refractivity contribution in [3.63, 3.8) is 0 Å². The van der Waals surface area contributed by atoms with E-state index in [0.29, 0.717) is 11.2 Å². The molecule has 4 rings (SSSR count). The van der Waals surface area contributed by atoms with Gasteiger partial charge in [0.1, 0.15) is 0 Å². The molecule has 1 atom stereocenters. The van der Waals surface area contributed by atoms with Crippen molar-refractivity contribution in [1.82, 2.24) is 0 Å². The molecule has 17 heavy (non-hydrogen) atoms. The number of aliphatic carboxylic acids is 1. The summed E-state index contributed by atoms with van der Waals surface area (Å²) < 4.78 is 0.462. The summed E-state index contributed by atoms with van der Waals surface area (Å²) in [4.78, 5) is 10.8. The highest BCUT2D eigenvalue weighted by Gasteiger charge is 2.51. The van der Waals surface area contributed by atoms with Crippen molar-refractivity contribution in [2.45, 2.75) is 61.9 Å². The molecule has 1 unspecified atom stereocenters. The lowest BCUT2D eigenvalue weighted by Gasteiger charge is -2.57. The fourth-order valence-electron chi connectivity index (χ4n) is 4.89. The van der Waals surface area contributed by atoms with E-state index in [-0.39, 0.29) is 5.25 Å². The van der Waals surface area contributed by atoms with E-state index >= 15 is 0 Å². The standard InChI is InChI=1S/C14H22O2S/c1-9(2-13(15)16)17-14-6-10-3-11(7-14)5-12(4-10)8-14/h9-12H,2-8H2,1H3,(H,15,16). The maximum atomic E-state index is 10.8. The van der Waals surface area contributed by atoms with Crippen LogP contribution in [0.15, 0.2) is 0 Å². The molecule has 1 N–H and O–H groups in total. The van der Waals surface area contributed by atoms with Gasteiger partial charge < -0.3 is 5.11 Å². The third-order valence-electron chi connectivity index (χ3n) is 4.90. The second kappa shape index (κ2) is 4.18. The van der Waals surface area contributed by atoms with Crippen LogP contribution in [0.3, 0.4) is 0 Å². The molecule has 4 fully saturated rings. The topological polar surface area (TPSA) is 37.3 Å². The number of hydrogen-bond acceptors (Lipinski definition) is 2. The molecule has 96 valence electrons. The number of carbonyl (C=O) groups is 1. The van der Waals surface area contributed by atoms with Crippen molar-refractivity contribution in [1.29, 1.82) is 0 Å². The van der Waals surface area contributed by atoms with Crippen LogP contribution in [0.25, 0.3) is 0 Å². The normalized spacial score (nSPS) is 44.9.